The molecular weight excluding hydrogens is 296 g/mol. The van der Waals surface area contributed by atoms with Crippen LogP contribution in [0.15, 0.2) is 0 Å². The van der Waals surface area contributed by atoms with Crippen LogP contribution in [-0.4, -0.2) is 53.1 Å². The molecule has 18 heavy (non-hydrogen) atoms. The van der Waals surface area contributed by atoms with Gasteiger partial charge >= 0.3 is 37.7 Å². The van der Waals surface area contributed by atoms with Gasteiger partial charge in [-0.05, 0) is 6.42 Å². The normalized spacial score (nSPS) is 13.9. The Morgan fingerprint density at radius 1 is 1.00 bits per heavy atom. The summed E-state index contributed by atoms with van der Waals surface area (Å²) in [5.74, 6) is 0. The molecule has 0 aliphatic rings. The Morgan fingerprint density at radius 2 is 1.39 bits per heavy atom. The van der Waals surface area contributed by atoms with E-state index in [4.69, 9.17) is 4.55 Å². The van der Waals surface area contributed by atoms with E-state index in [1.54, 1.807) is 0 Å². The Labute approximate surface area is 150 Å². The summed E-state index contributed by atoms with van der Waals surface area (Å²) in [4.78, 5) is 0. The van der Waals surface area contributed by atoms with E-state index in [9.17, 15) is 4.21 Å². The molecule has 0 aliphatic heterocycles. The molecule has 1 unspecified atom stereocenters. The van der Waals surface area contributed by atoms with Crippen LogP contribution in [0.1, 0.15) is 74.0 Å². The molecule has 0 aromatic rings. The average Bonchev–Trinajstić information content (AvgIpc) is 2.24. The van der Waals surface area contributed by atoms with E-state index in [-0.39, 0.29) is 40.6 Å². The zero-order valence-electron chi connectivity index (χ0n) is 13.6. The zero-order chi connectivity index (χ0) is 13.0. The summed E-state index contributed by atoms with van der Waals surface area (Å²) in [5, 5.41) is 0. The molecule has 0 aliphatic carbocycles. The molecule has 0 heterocycles. The van der Waals surface area contributed by atoms with E-state index in [1.165, 1.54) is 51.4 Å². The zero-order valence-corrected chi connectivity index (χ0v) is 15.4. The van der Waals surface area contributed by atoms with E-state index in [2.05, 4.69) is 22.3 Å². The van der Waals surface area contributed by atoms with E-state index < -0.39 is 9.05 Å². The van der Waals surface area contributed by atoms with Crippen LogP contribution in [0.2, 0.25) is 0 Å². The molecule has 0 fully saturated rings. The molecule has 3 nitrogen and oxygen atoms in total. The average molecular weight is 325 g/mol. The van der Waals surface area contributed by atoms with Gasteiger partial charge in [0, 0.05) is 11.2 Å². The van der Waals surface area contributed by atoms with Gasteiger partial charge in [-0.15, -0.1) is 0 Å². The van der Waals surface area contributed by atoms with Crippen molar-refractivity contribution in [2.75, 3.05) is 6.61 Å². The Bertz CT molecular complexity index is 265. The van der Waals surface area contributed by atoms with Gasteiger partial charge in [-0.25, -0.2) is 0 Å². The van der Waals surface area contributed by atoms with Crippen LogP contribution in [0.4, 0.5) is 0 Å². The van der Waals surface area contributed by atoms with Gasteiger partial charge in [-0.1, -0.05) is 64.7 Å². The number of rotatable bonds is 12. The molecule has 0 bridgehead atoms. The van der Waals surface area contributed by atoms with Crippen LogP contribution < -0.4 is 0 Å². The molecule has 0 aromatic carbocycles. The maximum Gasteiger partial charge on any atom is 2.00 e. The van der Waals surface area contributed by atoms with Gasteiger partial charge in [0.05, 0.1) is 6.61 Å². The molecule has 0 spiro atoms. The van der Waals surface area contributed by atoms with Gasteiger partial charge < -0.3 is 2.85 Å². The second-order valence-corrected chi connectivity index (χ2v) is 6.79. The topological polar surface area (TPSA) is 46.5 Å². The first-order chi connectivity index (χ1) is 8.06. The second-order valence-electron chi connectivity index (χ2n) is 4.43. The van der Waals surface area contributed by atoms with Crippen molar-refractivity contribution in [3.05, 3.63) is 0 Å². The summed E-state index contributed by atoms with van der Waals surface area (Å²) in [7, 11) is -3.40. The molecule has 0 amide bonds. The van der Waals surface area contributed by atoms with Crippen molar-refractivity contribution in [2.24, 2.45) is 0 Å². The minimum atomic E-state index is -3.40. The molecule has 0 saturated heterocycles. The fourth-order valence-corrected chi connectivity index (χ4v) is 2.29. The van der Waals surface area contributed by atoms with Crippen molar-refractivity contribution in [2.45, 2.75) is 71.1 Å². The Balaban J connectivity index is -0.000000427. The van der Waals surface area contributed by atoms with Crippen molar-refractivity contribution in [3.63, 3.8) is 0 Å². The first-order valence-corrected chi connectivity index (χ1v) is 9.04. The maximum absolute atomic E-state index is 10.6. The minimum Gasteiger partial charge on any atom is -1.00 e. The third-order valence-corrected chi connectivity index (χ3v) is 3.48. The van der Waals surface area contributed by atoms with Crippen LogP contribution in [0, 0.1) is 0 Å². The van der Waals surface area contributed by atoms with Gasteiger partial charge in [-0.3, -0.25) is 8.74 Å². The fraction of sp³-hybridized carbons (Fsp3) is 1.00. The van der Waals surface area contributed by atoms with Crippen molar-refractivity contribution in [1.29, 1.82) is 0 Å². The van der Waals surface area contributed by atoms with E-state index in [0.29, 0.717) is 6.61 Å². The van der Waals surface area contributed by atoms with Gasteiger partial charge in [0.2, 0.25) is 0 Å². The van der Waals surface area contributed by atoms with Crippen molar-refractivity contribution in [1.82, 2.24) is 0 Å². The first kappa shape index (κ1) is 21.8. The Hall–Kier alpha value is 1.55. The van der Waals surface area contributed by atoms with Gasteiger partial charge in [0.15, 0.2) is 0 Å². The number of hydrogen-bond acceptors (Lipinski definition) is 3. The summed E-state index contributed by atoms with van der Waals surface area (Å²) in [5.41, 5.74) is 0. The SMILES string of the molecule is CCCCCCCCCCCCOS(=O)(O)=S.[Ca+2].[H-].[H-]. The van der Waals surface area contributed by atoms with Gasteiger partial charge in [-0.2, -0.15) is 4.21 Å². The van der Waals surface area contributed by atoms with Crippen molar-refractivity contribution >= 4 is 58.0 Å². The third-order valence-electron chi connectivity index (χ3n) is 2.73. The summed E-state index contributed by atoms with van der Waals surface area (Å²) >= 11 is 4.22. The van der Waals surface area contributed by atoms with Crippen LogP contribution in [0.5, 0.6) is 0 Å². The van der Waals surface area contributed by atoms with Crippen LogP contribution >= 0.6 is 0 Å². The molecule has 0 radical (unpaired) electrons. The number of unbranched alkanes of at least 4 members (excludes halogenated alkanes) is 9. The maximum atomic E-state index is 10.6. The molecule has 0 aromatic heterocycles. The van der Waals surface area contributed by atoms with E-state index in [0.717, 1.165) is 12.8 Å². The molecule has 0 rings (SSSR count). The third kappa shape index (κ3) is 19.9. The summed E-state index contributed by atoms with van der Waals surface area (Å²) in [6.45, 7) is 2.53. The fourth-order valence-electron chi connectivity index (χ4n) is 1.75. The van der Waals surface area contributed by atoms with E-state index >= 15 is 0 Å². The molecule has 1 atom stereocenters. The van der Waals surface area contributed by atoms with Crippen LogP contribution in [0.25, 0.3) is 0 Å². The minimum absolute atomic E-state index is 0. The Kier molecular flexibility index (Phi) is 18.1. The summed E-state index contributed by atoms with van der Waals surface area (Å²) in [6, 6.07) is 0. The van der Waals surface area contributed by atoms with Gasteiger partial charge in [0.1, 0.15) is 0 Å². The van der Waals surface area contributed by atoms with Crippen molar-refractivity contribution in [3.8, 4) is 0 Å². The predicted octanol–water partition coefficient (Wildman–Crippen LogP) is 3.90. The molecule has 6 heteroatoms. The van der Waals surface area contributed by atoms with Crippen molar-refractivity contribution < 1.29 is 15.8 Å². The molecule has 1 N–H and O–H groups in total. The largest absolute Gasteiger partial charge is 2.00 e. The van der Waals surface area contributed by atoms with Crippen LogP contribution in [-0.2, 0) is 24.4 Å². The smallest absolute Gasteiger partial charge is 1.00 e. The molecular formula is C12H28CaO3S2. The van der Waals surface area contributed by atoms with Crippen LogP contribution in [0.3, 0.4) is 0 Å². The molecule has 108 valence electrons. The molecule has 0 saturated carbocycles. The second kappa shape index (κ2) is 14.9. The Morgan fingerprint density at radius 3 is 1.78 bits per heavy atom. The summed E-state index contributed by atoms with van der Waals surface area (Å²) in [6.07, 6.45) is 12.4. The summed E-state index contributed by atoms with van der Waals surface area (Å²) < 4.78 is 23.9. The predicted molar refractivity (Wildman–Crippen MR) is 83.9 cm³/mol. The van der Waals surface area contributed by atoms with E-state index in [1.807, 2.05) is 0 Å². The first-order valence-electron chi connectivity index (χ1n) is 6.68. The standard InChI is InChI=1S/C12H26O3S2.Ca.2H/c1-2-3-4-5-6-7-8-9-10-11-12-15-17(13,14)16;;;/h2-12H2,1H3,(H,13,14,16);;;/q;+2;2*-1. The van der Waals surface area contributed by atoms with Gasteiger partial charge in [0.25, 0.3) is 9.05 Å². The quantitative estimate of drug-likeness (QED) is 0.437. The number of hydrogen-bond donors (Lipinski definition) is 1. The monoisotopic (exact) mass is 324 g/mol.